The van der Waals surface area contributed by atoms with Crippen LogP contribution in [0.5, 0.6) is 0 Å². The number of nitrogens with one attached hydrogen (secondary N) is 1. The van der Waals surface area contributed by atoms with Gasteiger partial charge in [0.15, 0.2) is 0 Å². The molecule has 3 rings (SSSR count). The smallest absolute Gasteiger partial charge is 0.0954 e. The Kier molecular flexibility index (Phi) is 3.48. The van der Waals surface area contributed by atoms with Crippen LogP contribution in [0.3, 0.4) is 0 Å². The van der Waals surface area contributed by atoms with Gasteiger partial charge in [0.05, 0.1) is 18.2 Å². The summed E-state index contributed by atoms with van der Waals surface area (Å²) in [6.45, 7) is 2.18. The Hall–Kier alpha value is -1.13. The van der Waals surface area contributed by atoms with Crippen molar-refractivity contribution in [2.24, 2.45) is 0 Å². The van der Waals surface area contributed by atoms with Gasteiger partial charge in [-0.1, -0.05) is 28.1 Å². The largest absolute Gasteiger partial charge is 0.326 e. The van der Waals surface area contributed by atoms with E-state index in [1.807, 2.05) is 18.6 Å². The molecule has 1 aromatic carbocycles. The van der Waals surface area contributed by atoms with Crippen LogP contribution in [0, 0.1) is 0 Å². The van der Waals surface area contributed by atoms with Gasteiger partial charge in [-0.2, -0.15) is 0 Å². The molecule has 4 heteroatoms. The molecule has 3 nitrogen and oxygen atoms in total. The Morgan fingerprint density at radius 1 is 1.39 bits per heavy atom. The van der Waals surface area contributed by atoms with Crippen LogP contribution in [-0.2, 0) is 0 Å². The van der Waals surface area contributed by atoms with Gasteiger partial charge < -0.3 is 9.88 Å². The molecule has 0 saturated carbocycles. The normalized spacial score (nSPS) is 19.9. The number of hydrogen-bond acceptors (Lipinski definition) is 2. The van der Waals surface area contributed by atoms with Crippen molar-refractivity contribution in [3.8, 4) is 11.3 Å². The zero-order chi connectivity index (χ0) is 12.4. The molecule has 1 fully saturated rings. The van der Waals surface area contributed by atoms with Crippen molar-refractivity contribution in [1.29, 1.82) is 0 Å². The summed E-state index contributed by atoms with van der Waals surface area (Å²) in [7, 11) is 0. The lowest BCUT2D eigenvalue weighted by Gasteiger charge is -2.25. The highest BCUT2D eigenvalue weighted by atomic mass is 79.9. The number of aromatic nitrogens is 2. The number of rotatable bonds is 2. The topological polar surface area (TPSA) is 29.9 Å². The molecule has 1 N–H and O–H groups in total. The van der Waals surface area contributed by atoms with Crippen molar-refractivity contribution < 1.29 is 0 Å². The summed E-state index contributed by atoms with van der Waals surface area (Å²) < 4.78 is 3.41. The van der Waals surface area contributed by atoms with Gasteiger partial charge in [-0.05, 0) is 31.5 Å². The Bertz CT molecular complexity index is 529. The van der Waals surface area contributed by atoms with Crippen molar-refractivity contribution in [3.63, 3.8) is 0 Å². The second-order valence-corrected chi connectivity index (χ2v) is 5.61. The lowest BCUT2D eigenvalue weighted by atomic mass is 10.1. The van der Waals surface area contributed by atoms with Crippen LogP contribution in [0.15, 0.2) is 41.3 Å². The van der Waals surface area contributed by atoms with Crippen LogP contribution in [0.1, 0.15) is 18.9 Å². The molecule has 1 atom stereocenters. The highest BCUT2D eigenvalue weighted by Gasteiger charge is 2.17. The lowest BCUT2D eigenvalue weighted by Crippen LogP contribution is -2.31. The Morgan fingerprint density at radius 3 is 3.11 bits per heavy atom. The maximum atomic E-state index is 4.32. The third-order valence-corrected chi connectivity index (χ3v) is 3.94. The second-order valence-electron chi connectivity index (χ2n) is 4.70. The number of nitrogens with zero attached hydrogens (tertiary/aromatic N) is 2. The summed E-state index contributed by atoms with van der Waals surface area (Å²) >= 11 is 3.53. The molecule has 1 aliphatic rings. The summed E-state index contributed by atoms with van der Waals surface area (Å²) in [5, 5.41) is 3.46. The van der Waals surface area contributed by atoms with Crippen LogP contribution in [0.2, 0.25) is 0 Å². The molecule has 0 bridgehead atoms. The molecule has 1 saturated heterocycles. The fraction of sp³-hybridized carbons (Fsp3) is 0.357. The van der Waals surface area contributed by atoms with E-state index in [1.165, 1.54) is 24.1 Å². The Balaban J connectivity index is 1.95. The molecular formula is C14H16BrN3. The van der Waals surface area contributed by atoms with E-state index < -0.39 is 0 Å². The molecule has 1 aromatic heterocycles. The number of piperidine rings is 1. The predicted octanol–water partition coefficient (Wildman–Crippen LogP) is 3.24. The van der Waals surface area contributed by atoms with Gasteiger partial charge >= 0.3 is 0 Å². The van der Waals surface area contributed by atoms with Gasteiger partial charge in [-0.25, -0.2) is 4.98 Å². The number of imidazole rings is 1. The molecule has 0 aliphatic carbocycles. The Morgan fingerprint density at radius 2 is 2.33 bits per heavy atom. The van der Waals surface area contributed by atoms with E-state index in [0.717, 1.165) is 17.6 Å². The molecule has 0 amide bonds. The van der Waals surface area contributed by atoms with Crippen molar-refractivity contribution >= 4 is 15.9 Å². The van der Waals surface area contributed by atoms with E-state index in [2.05, 4.69) is 49.0 Å². The van der Waals surface area contributed by atoms with E-state index in [9.17, 15) is 0 Å². The number of benzene rings is 1. The third-order valence-electron chi connectivity index (χ3n) is 3.45. The van der Waals surface area contributed by atoms with E-state index in [0.29, 0.717) is 6.04 Å². The molecule has 1 unspecified atom stereocenters. The quantitative estimate of drug-likeness (QED) is 0.923. The highest BCUT2D eigenvalue weighted by molar-refractivity contribution is 9.10. The summed E-state index contributed by atoms with van der Waals surface area (Å²) in [5.41, 5.74) is 2.41. The monoisotopic (exact) mass is 305 g/mol. The summed E-state index contributed by atoms with van der Waals surface area (Å²) in [4.78, 5) is 4.32. The number of hydrogen-bond donors (Lipinski definition) is 1. The zero-order valence-corrected chi connectivity index (χ0v) is 11.7. The van der Waals surface area contributed by atoms with Gasteiger partial charge in [-0.15, -0.1) is 0 Å². The van der Waals surface area contributed by atoms with Crippen molar-refractivity contribution in [2.45, 2.75) is 18.9 Å². The molecule has 1 aliphatic heterocycles. The van der Waals surface area contributed by atoms with Gasteiger partial charge in [-0.3, -0.25) is 0 Å². The molecule has 18 heavy (non-hydrogen) atoms. The average Bonchev–Trinajstić information content (AvgIpc) is 2.89. The van der Waals surface area contributed by atoms with Crippen LogP contribution in [-0.4, -0.2) is 22.6 Å². The summed E-state index contributed by atoms with van der Waals surface area (Å²) in [6, 6.07) is 8.91. The third kappa shape index (κ3) is 2.35. The first-order valence-corrected chi connectivity index (χ1v) is 7.12. The minimum atomic E-state index is 0.523. The van der Waals surface area contributed by atoms with E-state index >= 15 is 0 Å². The molecule has 2 heterocycles. The van der Waals surface area contributed by atoms with Crippen molar-refractivity contribution in [3.05, 3.63) is 41.3 Å². The number of halogens is 1. The fourth-order valence-corrected chi connectivity index (χ4v) is 2.94. The minimum absolute atomic E-state index is 0.523. The molecule has 0 spiro atoms. The van der Waals surface area contributed by atoms with Crippen LogP contribution in [0.25, 0.3) is 11.3 Å². The maximum Gasteiger partial charge on any atom is 0.0954 e. The molecule has 94 valence electrons. The van der Waals surface area contributed by atoms with Gasteiger partial charge in [0.2, 0.25) is 0 Å². The summed E-state index contributed by atoms with van der Waals surface area (Å²) in [6.07, 6.45) is 6.37. The first-order valence-electron chi connectivity index (χ1n) is 6.33. The molecule has 0 radical (unpaired) electrons. The van der Waals surface area contributed by atoms with Crippen LogP contribution in [0.4, 0.5) is 0 Å². The van der Waals surface area contributed by atoms with Gasteiger partial charge in [0.25, 0.3) is 0 Å². The maximum absolute atomic E-state index is 4.32. The zero-order valence-electron chi connectivity index (χ0n) is 10.1. The lowest BCUT2D eigenvalue weighted by molar-refractivity contribution is 0.373. The van der Waals surface area contributed by atoms with Crippen LogP contribution < -0.4 is 5.32 Å². The average molecular weight is 306 g/mol. The second kappa shape index (κ2) is 5.24. The fourth-order valence-electron chi connectivity index (χ4n) is 2.54. The van der Waals surface area contributed by atoms with E-state index in [1.54, 1.807) is 0 Å². The Labute approximate surface area is 115 Å². The van der Waals surface area contributed by atoms with Crippen LogP contribution >= 0.6 is 15.9 Å². The predicted molar refractivity (Wildman–Crippen MR) is 76.5 cm³/mol. The summed E-state index contributed by atoms with van der Waals surface area (Å²) in [5.74, 6) is 0. The van der Waals surface area contributed by atoms with Crippen molar-refractivity contribution in [1.82, 2.24) is 14.9 Å². The first kappa shape index (κ1) is 11.9. The standard InChI is InChI=1S/C14H16BrN3/c15-12-4-1-3-11(7-12)14-9-17-10-18(14)13-5-2-6-16-8-13/h1,3-4,7,9-10,13,16H,2,5-6,8H2. The highest BCUT2D eigenvalue weighted by Crippen LogP contribution is 2.27. The molecule has 2 aromatic rings. The van der Waals surface area contributed by atoms with Gasteiger partial charge in [0.1, 0.15) is 0 Å². The molecular weight excluding hydrogens is 290 g/mol. The van der Waals surface area contributed by atoms with E-state index in [4.69, 9.17) is 0 Å². The van der Waals surface area contributed by atoms with Crippen molar-refractivity contribution in [2.75, 3.05) is 13.1 Å². The minimum Gasteiger partial charge on any atom is -0.326 e. The SMILES string of the molecule is Brc1cccc(-c2cncn2C2CCCNC2)c1. The van der Waals surface area contributed by atoms with E-state index in [-0.39, 0.29) is 0 Å². The van der Waals surface area contributed by atoms with Gasteiger partial charge in [0, 0.05) is 22.6 Å². The first-order chi connectivity index (χ1) is 8.84.